The summed E-state index contributed by atoms with van der Waals surface area (Å²) in [4.78, 5) is 12.3. The number of aromatic nitrogens is 3. The molecule has 0 fully saturated rings. The van der Waals surface area contributed by atoms with E-state index in [-0.39, 0.29) is 17.5 Å². The van der Waals surface area contributed by atoms with Crippen LogP contribution in [0.25, 0.3) is 11.4 Å². The molecule has 0 saturated heterocycles. The molecule has 0 bridgehead atoms. The summed E-state index contributed by atoms with van der Waals surface area (Å²) in [6.45, 7) is 6.39. The molecule has 0 unspecified atom stereocenters. The molecular formula is C20H21FN4OS. The van der Waals surface area contributed by atoms with Crippen molar-refractivity contribution in [1.82, 2.24) is 14.8 Å². The van der Waals surface area contributed by atoms with Gasteiger partial charge in [-0.1, -0.05) is 42.1 Å². The number of hydrogen-bond donors (Lipinski definition) is 1. The quantitative estimate of drug-likeness (QED) is 0.638. The van der Waals surface area contributed by atoms with Gasteiger partial charge in [-0.2, -0.15) is 0 Å². The second-order valence-corrected chi connectivity index (χ2v) is 7.06. The molecule has 0 spiro atoms. The Hall–Kier alpha value is -2.67. The zero-order valence-corrected chi connectivity index (χ0v) is 16.3. The molecule has 27 heavy (non-hydrogen) atoms. The van der Waals surface area contributed by atoms with E-state index in [0.29, 0.717) is 23.0 Å². The molecule has 0 radical (unpaired) electrons. The molecule has 5 nitrogen and oxygen atoms in total. The van der Waals surface area contributed by atoms with Crippen molar-refractivity contribution < 1.29 is 9.18 Å². The van der Waals surface area contributed by atoms with Crippen LogP contribution in [0, 0.1) is 19.7 Å². The van der Waals surface area contributed by atoms with Crippen LogP contribution < -0.4 is 5.32 Å². The summed E-state index contributed by atoms with van der Waals surface area (Å²) in [6, 6.07) is 12.6. The van der Waals surface area contributed by atoms with Crippen LogP contribution >= 0.6 is 11.8 Å². The van der Waals surface area contributed by atoms with Gasteiger partial charge in [-0.15, -0.1) is 10.2 Å². The zero-order valence-electron chi connectivity index (χ0n) is 15.5. The Bertz CT molecular complexity index is 970. The number of benzene rings is 2. The normalized spacial score (nSPS) is 10.8. The van der Waals surface area contributed by atoms with Crippen molar-refractivity contribution in [2.24, 2.45) is 0 Å². The van der Waals surface area contributed by atoms with Crippen molar-refractivity contribution in [3.63, 3.8) is 0 Å². The Kier molecular flexibility index (Phi) is 5.91. The van der Waals surface area contributed by atoms with Gasteiger partial charge in [-0.3, -0.25) is 4.79 Å². The molecule has 0 saturated carbocycles. The summed E-state index contributed by atoms with van der Waals surface area (Å²) in [5.74, 6) is 0.410. The second kappa shape index (κ2) is 8.35. The number of halogens is 1. The maximum absolute atomic E-state index is 13.6. The first-order valence-corrected chi connectivity index (χ1v) is 9.66. The molecule has 1 heterocycles. The number of amides is 1. The first kappa shape index (κ1) is 19.1. The smallest absolute Gasteiger partial charge is 0.234 e. The maximum Gasteiger partial charge on any atom is 0.234 e. The van der Waals surface area contributed by atoms with Crippen molar-refractivity contribution in [2.75, 3.05) is 11.1 Å². The third-order valence-corrected chi connectivity index (χ3v) is 5.26. The average Bonchev–Trinajstić information content (AvgIpc) is 3.07. The summed E-state index contributed by atoms with van der Waals surface area (Å²) in [6.07, 6.45) is 0. The molecule has 140 valence electrons. The molecule has 0 aliphatic rings. The third kappa shape index (κ3) is 4.19. The van der Waals surface area contributed by atoms with Gasteiger partial charge >= 0.3 is 0 Å². The van der Waals surface area contributed by atoms with E-state index in [1.165, 1.54) is 17.8 Å². The minimum atomic E-state index is -0.339. The summed E-state index contributed by atoms with van der Waals surface area (Å²) in [5.41, 5.74) is 3.06. The fourth-order valence-electron chi connectivity index (χ4n) is 2.76. The predicted molar refractivity (Wildman–Crippen MR) is 106 cm³/mol. The van der Waals surface area contributed by atoms with E-state index < -0.39 is 0 Å². The Morgan fingerprint density at radius 2 is 1.93 bits per heavy atom. The van der Waals surface area contributed by atoms with Crippen molar-refractivity contribution in [3.05, 3.63) is 59.4 Å². The minimum Gasteiger partial charge on any atom is -0.325 e. The number of hydrogen-bond acceptors (Lipinski definition) is 4. The van der Waals surface area contributed by atoms with Gasteiger partial charge in [0.2, 0.25) is 5.91 Å². The van der Waals surface area contributed by atoms with E-state index in [9.17, 15) is 9.18 Å². The number of carbonyl (C=O) groups excluding carboxylic acids is 1. The second-order valence-electron chi connectivity index (χ2n) is 6.11. The number of carbonyl (C=O) groups is 1. The standard InChI is InChI=1S/C20H21FN4OS/c1-4-25-19(15-9-6-5-8-13(15)2)23-24-20(25)27-12-18(26)22-17-11-7-10-16(21)14(17)3/h5-11H,4,12H2,1-3H3,(H,22,26). The molecule has 0 atom stereocenters. The minimum absolute atomic E-state index is 0.169. The Balaban J connectivity index is 1.72. The maximum atomic E-state index is 13.6. The number of thioether (sulfide) groups is 1. The van der Waals surface area contributed by atoms with E-state index in [0.717, 1.165) is 17.0 Å². The lowest BCUT2D eigenvalue weighted by Gasteiger charge is -2.10. The fourth-order valence-corrected chi connectivity index (χ4v) is 3.57. The predicted octanol–water partition coefficient (Wildman–Crippen LogP) is 4.45. The summed E-state index contributed by atoms with van der Waals surface area (Å²) < 4.78 is 15.6. The number of nitrogens with zero attached hydrogens (tertiary/aromatic N) is 3. The van der Waals surface area contributed by atoms with Crippen molar-refractivity contribution in [3.8, 4) is 11.4 Å². The molecule has 1 amide bonds. The molecule has 1 N–H and O–H groups in total. The van der Waals surface area contributed by atoms with E-state index in [4.69, 9.17) is 0 Å². The van der Waals surface area contributed by atoms with Gasteiger partial charge < -0.3 is 9.88 Å². The largest absolute Gasteiger partial charge is 0.325 e. The molecule has 0 aliphatic carbocycles. The van der Waals surface area contributed by atoms with E-state index in [1.807, 2.05) is 42.7 Å². The van der Waals surface area contributed by atoms with Crippen molar-refractivity contribution in [2.45, 2.75) is 32.5 Å². The van der Waals surface area contributed by atoms with E-state index in [2.05, 4.69) is 15.5 Å². The van der Waals surface area contributed by atoms with Crippen LogP contribution in [0.4, 0.5) is 10.1 Å². The lowest BCUT2D eigenvalue weighted by atomic mass is 10.1. The zero-order chi connectivity index (χ0) is 19.4. The Morgan fingerprint density at radius 3 is 2.67 bits per heavy atom. The Morgan fingerprint density at radius 1 is 1.15 bits per heavy atom. The number of anilines is 1. The van der Waals surface area contributed by atoms with Gasteiger partial charge in [0, 0.05) is 23.4 Å². The van der Waals surface area contributed by atoms with Crippen LogP contribution in [0.3, 0.4) is 0 Å². The average molecular weight is 384 g/mol. The highest BCUT2D eigenvalue weighted by Gasteiger charge is 2.16. The topological polar surface area (TPSA) is 59.8 Å². The lowest BCUT2D eigenvalue weighted by molar-refractivity contribution is -0.113. The first-order valence-electron chi connectivity index (χ1n) is 8.68. The van der Waals surface area contributed by atoms with Gasteiger partial charge in [-0.05, 0) is 38.5 Å². The molecular weight excluding hydrogens is 363 g/mol. The van der Waals surface area contributed by atoms with E-state index >= 15 is 0 Å². The molecule has 1 aromatic heterocycles. The molecule has 3 aromatic rings. The van der Waals surface area contributed by atoms with Gasteiger partial charge in [0.25, 0.3) is 0 Å². The number of rotatable bonds is 6. The van der Waals surface area contributed by atoms with Crippen LogP contribution in [-0.4, -0.2) is 26.4 Å². The highest BCUT2D eigenvalue weighted by molar-refractivity contribution is 7.99. The van der Waals surface area contributed by atoms with Gasteiger partial charge in [-0.25, -0.2) is 4.39 Å². The monoisotopic (exact) mass is 384 g/mol. The van der Waals surface area contributed by atoms with Gasteiger partial charge in [0.05, 0.1) is 5.75 Å². The molecule has 0 aliphatic heterocycles. The molecule has 7 heteroatoms. The molecule has 3 rings (SSSR count). The number of nitrogens with one attached hydrogen (secondary N) is 1. The third-order valence-electron chi connectivity index (χ3n) is 4.29. The van der Waals surface area contributed by atoms with E-state index in [1.54, 1.807) is 19.1 Å². The molecule has 2 aromatic carbocycles. The van der Waals surface area contributed by atoms with Crippen molar-refractivity contribution >= 4 is 23.4 Å². The van der Waals surface area contributed by atoms with Crippen LogP contribution in [0.2, 0.25) is 0 Å². The van der Waals surface area contributed by atoms with Gasteiger partial charge in [0.1, 0.15) is 5.82 Å². The van der Waals surface area contributed by atoms with Crippen LogP contribution in [0.1, 0.15) is 18.1 Å². The van der Waals surface area contributed by atoms with Crippen LogP contribution in [0.15, 0.2) is 47.6 Å². The summed E-state index contributed by atoms with van der Waals surface area (Å²) in [5, 5.41) is 12.0. The number of aryl methyl sites for hydroxylation is 1. The highest BCUT2D eigenvalue weighted by atomic mass is 32.2. The fraction of sp³-hybridized carbons (Fsp3) is 0.250. The highest BCUT2D eigenvalue weighted by Crippen LogP contribution is 2.26. The lowest BCUT2D eigenvalue weighted by Crippen LogP contribution is -2.15. The van der Waals surface area contributed by atoms with Crippen LogP contribution in [-0.2, 0) is 11.3 Å². The Labute approximate surface area is 162 Å². The van der Waals surface area contributed by atoms with Crippen LogP contribution in [0.5, 0.6) is 0 Å². The summed E-state index contributed by atoms with van der Waals surface area (Å²) in [7, 11) is 0. The summed E-state index contributed by atoms with van der Waals surface area (Å²) >= 11 is 1.31. The van der Waals surface area contributed by atoms with Crippen molar-refractivity contribution in [1.29, 1.82) is 0 Å². The first-order chi connectivity index (χ1) is 13.0. The SMILES string of the molecule is CCn1c(SCC(=O)Nc2cccc(F)c2C)nnc1-c1ccccc1C. The van der Waals surface area contributed by atoms with Gasteiger partial charge in [0.15, 0.2) is 11.0 Å².